The number of rotatable bonds is 8. The lowest BCUT2D eigenvalue weighted by molar-refractivity contribution is -0.154. The van der Waals surface area contributed by atoms with Gasteiger partial charge in [0.15, 0.2) is 11.4 Å². The van der Waals surface area contributed by atoms with Crippen molar-refractivity contribution < 1.29 is 33.3 Å². The first-order valence-corrected chi connectivity index (χ1v) is 13.7. The zero-order valence-electron chi connectivity index (χ0n) is 23.8. The lowest BCUT2D eigenvalue weighted by Crippen LogP contribution is -2.44. The van der Waals surface area contributed by atoms with Crippen molar-refractivity contribution in [2.45, 2.75) is 64.7 Å². The molecule has 1 aliphatic rings. The Bertz CT molecular complexity index is 1340. The second-order valence-corrected chi connectivity index (χ2v) is 10.2. The van der Waals surface area contributed by atoms with Crippen molar-refractivity contribution in [3.8, 4) is 17.2 Å². The highest BCUT2D eigenvalue weighted by Gasteiger charge is 2.36. The number of carbonyl (C=O) groups is 3. The van der Waals surface area contributed by atoms with Crippen molar-refractivity contribution in [1.82, 2.24) is 10.3 Å². The molecule has 41 heavy (non-hydrogen) atoms. The highest BCUT2D eigenvalue weighted by molar-refractivity contribution is 5.98. The fraction of sp³-hybridized carbons (Fsp3) is 0.375. The van der Waals surface area contributed by atoms with Crippen LogP contribution in [0.1, 0.15) is 54.7 Å². The van der Waals surface area contributed by atoms with Crippen LogP contribution in [0.25, 0.3) is 0 Å². The quantitative estimate of drug-likeness (QED) is 0.389. The fourth-order valence-corrected chi connectivity index (χ4v) is 4.98. The number of hydrogen-bond donors (Lipinski definition) is 1. The molecule has 0 saturated carbocycles. The molecule has 9 nitrogen and oxygen atoms in total. The van der Waals surface area contributed by atoms with Gasteiger partial charge in [-0.2, -0.15) is 0 Å². The lowest BCUT2D eigenvalue weighted by atomic mass is 9.87. The lowest BCUT2D eigenvalue weighted by Gasteiger charge is -2.31. The Hall–Kier alpha value is -4.40. The second-order valence-electron chi connectivity index (χ2n) is 10.2. The van der Waals surface area contributed by atoms with Crippen molar-refractivity contribution in [2.75, 3.05) is 7.11 Å². The van der Waals surface area contributed by atoms with Gasteiger partial charge in [0, 0.05) is 25.1 Å². The number of aromatic nitrogens is 1. The summed E-state index contributed by atoms with van der Waals surface area (Å²) in [5, 5.41) is 2.74. The Morgan fingerprint density at radius 1 is 1.05 bits per heavy atom. The minimum atomic E-state index is -0.932. The highest BCUT2D eigenvalue weighted by Crippen LogP contribution is 2.31. The van der Waals surface area contributed by atoms with Gasteiger partial charge in [-0.25, -0.2) is 9.78 Å². The molecule has 1 fully saturated rings. The maximum Gasteiger partial charge on any atom is 0.328 e. The molecular formula is C32H36N2O7. The number of nitrogens with one attached hydrogen (secondary N) is 1. The average molecular weight is 561 g/mol. The number of esters is 2. The van der Waals surface area contributed by atoms with Crippen LogP contribution in [0.15, 0.2) is 66.9 Å². The smallest absolute Gasteiger partial charge is 0.328 e. The van der Waals surface area contributed by atoms with E-state index in [2.05, 4.69) is 22.4 Å². The van der Waals surface area contributed by atoms with Gasteiger partial charge in [0.2, 0.25) is 5.75 Å². The summed E-state index contributed by atoms with van der Waals surface area (Å²) in [6.45, 7) is 5.10. The molecule has 0 radical (unpaired) electrons. The van der Waals surface area contributed by atoms with Gasteiger partial charge in [-0.15, -0.1) is 0 Å². The minimum absolute atomic E-state index is 0.112. The Balaban J connectivity index is 1.57. The highest BCUT2D eigenvalue weighted by atomic mass is 16.6. The molecule has 0 bridgehead atoms. The fourth-order valence-electron chi connectivity index (χ4n) is 4.98. The number of amides is 1. The van der Waals surface area contributed by atoms with E-state index in [9.17, 15) is 14.4 Å². The summed E-state index contributed by atoms with van der Waals surface area (Å²) < 4.78 is 22.9. The molecule has 1 aromatic heterocycles. The van der Waals surface area contributed by atoms with E-state index in [4.69, 9.17) is 18.9 Å². The molecule has 0 spiro atoms. The molecule has 1 amide bonds. The number of cyclic esters (lactones) is 1. The maximum atomic E-state index is 13.4. The average Bonchev–Trinajstić information content (AvgIpc) is 3.00. The molecule has 0 aliphatic carbocycles. The third kappa shape index (κ3) is 7.84. The van der Waals surface area contributed by atoms with Crippen LogP contribution in [-0.4, -0.2) is 48.2 Å². The van der Waals surface area contributed by atoms with E-state index in [0.29, 0.717) is 25.7 Å². The van der Waals surface area contributed by atoms with E-state index in [1.807, 2.05) is 56.3 Å². The summed E-state index contributed by atoms with van der Waals surface area (Å²) in [5.41, 5.74) is 2.09. The van der Waals surface area contributed by atoms with Gasteiger partial charge in [0.1, 0.15) is 24.0 Å². The van der Waals surface area contributed by atoms with Crippen LogP contribution >= 0.6 is 0 Å². The van der Waals surface area contributed by atoms with E-state index in [1.165, 1.54) is 26.3 Å². The molecule has 1 saturated heterocycles. The van der Waals surface area contributed by atoms with Gasteiger partial charge in [-0.05, 0) is 57.2 Å². The van der Waals surface area contributed by atoms with Crippen LogP contribution in [0.3, 0.4) is 0 Å². The number of hydrogen-bond acceptors (Lipinski definition) is 8. The zero-order valence-corrected chi connectivity index (χ0v) is 23.8. The number of methoxy groups -OCH3 is 1. The molecule has 1 aliphatic heterocycles. The van der Waals surface area contributed by atoms with Crippen molar-refractivity contribution in [2.24, 2.45) is 5.92 Å². The first-order valence-electron chi connectivity index (χ1n) is 13.7. The van der Waals surface area contributed by atoms with E-state index < -0.39 is 30.0 Å². The van der Waals surface area contributed by atoms with Gasteiger partial charge < -0.3 is 24.3 Å². The first-order chi connectivity index (χ1) is 19.7. The largest absolute Gasteiger partial charge is 0.493 e. The molecule has 4 rings (SSSR count). The molecule has 2 aromatic carbocycles. The number of pyridine rings is 1. The number of benzene rings is 2. The second kappa shape index (κ2) is 13.8. The maximum absolute atomic E-state index is 13.4. The molecule has 2 heterocycles. The Morgan fingerprint density at radius 2 is 1.78 bits per heavy atom. The van der Waals surface area contributed by atoms with E-state index in [0.717, 1.165) is 16.9 Å². The van der Waals surface area contributed by atoms with Gasteiger partial charge in [-0.3, -0.25) is 9.59 Å². The summed E-state index contributed by atoms with van der Waals surface area (Å²) in [7, 11) is 1.39. The van der Waals surface area contributed by atoms with Crippen LogP contribution in [0.4, 0.5) is 0 Å². The van der Waals surface area contributed by atoms with Crippen molar-refractivity contribution >= 4 is 17.8 Å². The third-order valence-electron chi connectivity index (χ3n) is 7.13. The first kappa shape index (κ1) is 29.6. The van der Waals surface area contributed by atoms with Crippen LogP contribution < -0.4 is 19.5 Å². The van der Waals surface area contributed by atoms with E-state index in [1.54, 1.807) is 0 Å². The topological polar surface area (TPSA) is 113 Å². The van der Waals surface area contributed by atoms with Crippen molar-refractivity contribution in [3.05, 3.63) is 83.7 Å². The summed E-state index contributed by atoms with van der Waals surface area (Å²) in [6.07, 6.45) is 2.86. The van der Waals surface area contributed by atoms with E-state index >= 15 is 0 Å². The van der Waals surface area contributed by atoms with Crippen LogP contribution in [0.5, 0.6) is 17.2 Å². The van der Waals surface area contributed by atoms with Gasteiger partial charge in [-0.1, -0.05) is 48.0 Å². The zero-order chi connectivity index (χ0) is 29.4. The Kier molecular flexibility index (Phi) is 9.95. The summed E-state index contributed by atoms with van der Waals surface area (Å²) >= 11 is 0. The van der Waals surface area contributed by atoms with Gasteiger partial charge in [0.05, 0.1) is 7.11 Å². The van der Waals surface area contributed by atoms with Crippen LogP contribution in [0.2, 0.25) is 0 Å². The predicted octanol–water partition coefficient (Wildman–Crippen LogP) is 4.84. The molecular weight excluding hydrogens is 524 g/mol. The number of aryl methyl sites for hydroxylation is 1. The summed E-state index contributed by atoms with van der Waals surface area (Å²) in [4.78, 5) is 42.4. The van der Waals surface area contributed by atoms with Gasteiger partial charge >= 0.3 is 11.9 Å². The SMILES string of the molecule is COc1ccnc(C(=O)NC2CCC[C@H](Oc3ccc(C)cc3)[C@@H](Cc3ccccc3)[C@H](C)OC2=O)c1OC(C)=O. The number of nitrogens with zero attached hydrogens (tertiary/aromatic N) is 1. The van der Waals surface area contributed by atoms with Crippen molar-refractivity contribution in [3.63, 3.8) is 0 Å². The summed E-state index contributed by atoms with van der Waals surface area (Å²) in [5.74, 6) is -1.18. The van der Waals surface area contributed by atoms with Gasteiger partial charge in [0.25, 0.3) is 5.91 Å². The third-order valence-corrected chi connectivity index (χ3v) is 7.13. The number of ether oxygens (including phenoxy) is 4. The standard InChI is InChI=1S/C32H36N2O7/c1-20-13-15-24(16-14-20)41-27-12-8-11-26(32(37)39-21(2)25(27)19-23-9-6-5-7-10-23)34-31(36)29-30(40-22(3)35)28(38-4)17-18-33-29/h5-7,9-10,13-18,21,25-27H,8,11-12,19H2,1-4H3,(H,34,36)/t21-,25-,26?,27-/m0/s1. The monoisotopic (exact) mass is 560 g/mol. The molecule has 216 valence electrons. The molecule has 1 unspecified atom stereocenters. The molecule has 4 atom stereocenters. The van der Waals surface area contributed by atoms with Crippen molar-refractivity contribution in [1.29, 1.82) is 0 Å². The Labute approximate surface area is 240 Å². The number of carbonyl (C=O) groups excluding carboxylic acids is 3. The van der Waals surface area contributed by atoms with E-state index in [-0.39, 0.29) is 29.2 Å². The molecule has 1 N–H and O–H groups in total. The predicted molar refractivity (Wildman–Crippen MR) is 152 cm³/mol. The summed E-state index contributed by atoms with van der Waals surface area (Å²) in [6, 6.07) is 18.5. The molecule has 9 heteroatoms. The molecule has 3 aromatic rings. The van der Waals surface area contributed by atoms with Crippen LogP contribution in [0, 0.1) is 12.8 Å². The van der Waals surface area contributed by atoms with Crippen LogP contribution in [-0.2, 0) is 20.7 Å². The normalized spacial score (nSPS) is 20.9. The Morgan fingerprint density at radius 3 is 2.46 bits per heavy atom. The minimum Gasteiger partial charge on any atom is -0.493 e.